The smallest absolute Gasteiger partial charge is 0.107 e. The maximum Gasteiger partial charge on any atom is 0.107 e. The van der Waals surface area contributed by atoms with Crippen molar-refractivity contribution in [2.45, 2.75) is 46.5 Å². The highest BCUT2D eigenvalue weighted by Gasteiger charge is 2.48. The van der Waals surface area contributed by atoms with E-state index in [1.807, 2.05) is 19.1 Å². The van der Waals surface area contributed by atoms with E-state index in [4.69, 9.17) is 4.74 Å². The molecule has 94 valence electrons. The quantitative estimate of drug-likeness (QED) is 0.634. The number of hydrogen-bond acceptors (Lipinski definition) is 1. The summed E-state index contributed by atoms with van der Waals surface area (Å²) in [4.78, 5) is 0. The third-order valence-electron chi connectivity index (χ3n) is 4.96. The predicted molar refractivity (Wildman–Crippen MR) is 72.4 cm³/mol. The summed E-state index contributed by atoms with van der Waals surface area (Å²) in [6.45, 7) is 10.8. The summed E-state index contributed by atoms with van der Waals surface area (Å²) < 4.78 is 5.75. The molecule has 1 nitrogen and oxygen atoms in total. The Labute approximate surface area is 105 Å². The van der Waals surface area contributed by atoms with E-state index in [9.17, 15) is 0 Å². The Morgan fingerprint density at radius 3 is 2.82 bits per heavy atom. The fourth-order valence-electron chi connectivity index (χ4n) is 3.61. The van der Waals surface area contributed by atoms with Crippen LogP contribution in [0.1, 0.15) is 46.5 Å². The van der Waals surface area contributed by atoms with Crippen LogP contribution in [0.25, 0.3) is 0 Å². The van der Waals surface area contributed by atoms with Gasteiger partial charge in [-0.1, -0.05) is 32.6 Å². The molecule has 0 amide bonds. The molecule has 3 unspecified atom stereocenters. The number of hydrogen-bond donors (Lipinski definition) is 0. The molecule has 1 saturated carbocycles. The molecule has 0 heterocycles. The van der Waals surface area contributed by atoms with Gasteiger partial charge in [0.05, 0.1) is 6.26 Å². The number of ether oxygens (including phenoxy) is 1. The first-order chi connectivity index (χ1) is 8.13. The van der Waals surface area contributed by atoms with E-state index in [1.165, 1.54) is 24.8 Å². The second-order valence-electron chi connectivity index (χ2n) is 5.71. The van der Waals surface area contributed by atoms with Crippen LogP contribution in [0.3, 0.4) is 0 Å². The molecule has 0 spiro atoms. The lowest BCUT2D eigenvalue weighted by atomic mass is 9.65. The highest BCUT2D eigenvalue weighted by molar-refractivity contribution is 5.31. The summed E-state index contributed by atoms with van der Waals surface area (Å²) in [5.41, 5.74) is 1.83. The number of fused-ring (bicyclic) bond motifs is 1. The molecule has 1 fully saturated rings. The van der Waals surface area contributed by atoms with Crippen molar-refractivity contribution in [1.29, 1.82) is 0 Å². The molecule has 2 aliphatic rings. The average molecular weight is 232 g/mol. The molecule has 17 heavy (non-hydrogen) atoms. The minimum atomic E-state index is 0.465. The maximum atomic E-state index is 5.75. The summed E-state index contributed by atoms with van der Waals surface area (Å²) in [6.07, 6.45) is 10.7. The van der Waals surface area contributed by atoms with Gasteiger partial charge in [-0.2, -0.15) is 0 Å². The minimum Gasteiger partial charge on any atom is -0.469 e. The van der Waals surface area contributed by atoms with Crippen molar-refractivity contribution in [3.63, 3.8) is 0 Å². The monoisotopic (exact) mass is 232 g/mol. The largest absolute Gasteiger partial charge is 0.469 e. The SMILES string of the molecule is C=CC1=C(OC=CC)CCC2(C)C(C)CCC12. The highest BCUT2D eigenvalue weighted by atomic mass is 16.5. The van der Waals surface area contributed by atoms with E-state index in [0.717, 1.165) is 18.1 Å². The summed E-state index contributed by atoms with van der Waals surface area (Å²) >= 11 is 0. The van der Waals surface area contributed by atoms with Gasteiger partial charge >= 0.3 is 0 Å². The summed E-state index contributed by atoms with van der Waals surface area (Å²) in [7, 11) is 0. The summed E-state index contributed by atoms with van der Waals surface area (Å²) in [5, 5.41) is 0. The summed E-state index contributed by atoms with van der Waals surface area (Å²) in [5.74, 6) is 2.63. The van der Waals surface area contributed by atoms with Crippen LogP contribution in [0.4, 0.5) is 0 Å². The van der Waals surface area contributed by atoms with Crippen molar-refractivity contribution < 1.29 is 4.74 Å². The Morgan fingerprint density at radius 2 is 2.18 bits per heavy atom. The van der Waals surface area contributed by atoms with Gasteiger partial charge in [-0.25, -0.2) is 0 Å². The first-order valence-corrected chi connectivity index (χ1v) is 6.76. The molecule has 0 aliphatic heterocycles. The Morgan fingerprint density at radius 1 is 1.41 bits per heavy atom. The minimum absolute atomic E-state index is 0.465. The van der Waals surface area contributed by atoms with Crippen molar-refractivity contribution in [1.82, 2.24) is 0 Å². The van der Waals surface area contributed by atoms with Crippen molar-refractivity contribution in [2.24, 2.45) is 17.3 Å². The normalized spacial score (nSPS) is 37.4. The van der Waals surface area contributed by atoms with Crippen LogP contribution in [0.2, 0.25) is 0 Å². The van der Waals surface area contributed by atoms with E-state index in [0.29, 0.717) is 11.3 Å². The fourth-order valence-corrected chi connectivity index (χ4v) is 3.61. The zero-order chi connectivity index (χ0) is 12.5. The Balaban J connectivity index is 2.31. The number of rotatable bonds is 3. The van der Waals surface area contributed by atoms with Gasteiger partial charge in [0.25, 0.3) is 0 Å². The van der Waals surface area contributed by atoms with Gasteiger partial charge in [0.1, 0.15) is 5.76 Å². The molecule has 0 aromatic carbocycles. The van der Waals surface area contributed by atoms with Crippen LogP contribution < -0.4 is 0 Å². The average Bonchev–Trinajstić information content (AvgIpc) is 2.63. The van der Waals surface area contributed by atoms with Gasteiger partial charge in [0.2, 0.25) is 0 Å². The topological polar surface area (TPSA) is 9.23 Å². The van der Waals surface area contributed by atoms with Crippen molar-refractivity contribution >= 4 is 0 Å². The van der Waals surface area contributed by atoms with Gasteiger partial charge in [-0.05, 0) is 49.0 Å². The Kier molecular flexibility index (Phi) is 3.46. The van der Waals surface area contributed by atoms with Crippen LogP contribution in [-0.4, -0.2) is 0 Å². The molecule has 0 aromatic heterocycles. The van der Waals surface area contributed by atoms with Crippen LogP contribution in [-0.2, 0) is 4.74 Å². The molecule has 3 atom stereocenters. The van der Waals surface area contributed by atoms with Gasteiger partial charge in [-0.3, -0.25) is 0 Å². The summed E-state index contributed by atoms with van der Waals surface area (Å²) in [6, 6.07) is 0. The Hall–Kier alpha value is -0.980. The van der Waals surface area contributed by atoms with Gasteiger partial charge in [-0.15, -0.1) is 0 Å². The molecule has 0 saturated heterocycles. The fraction of sp³-hybridized carbons (Fsp3) is 0.625. The van der Waals surface area contributed by atoms with Crippen LogP contribution in [0.15, 0.2) is 36.3 Å². The van der Waals surface area contributed by atoms with E-state index in [1.54, 1.807) is 6.26 Å². The van der Waals surface area contributed by atoms with Gasteiger partial charge < -0.3 is 4.74 Å². The standard InChI is InChI=1S/C16H24O/c1-5-11-17-15-9-10-16(4)12(3)7-8-14(16)13(15)6-2/h5-6,11-12,14H,2,7-10H2,1,3-4H3. The Bertz CT molecular complexity index is 364. The van der Waals surface area contributed by atoms with E-state index in [-0.39, 0.29) is 0 Å². The molecule has 1 heteroatoms. The van der Waals surface area contributed by atoms with Crippen LogP contribution in [0, 0.1) is 17.3 Å². The van der Waals surface area contributed by atoms with Crippen molar-refractivity contribution in [2.75, 3.05) is 0 Å². The predicted octanol–water partition coefficient (Wildman–Crippen LogP) is 4.82. The van der Waals surface area contributed by atoms with E-state index in [2.05, 4.69) is 20.4 Å². The second-order valence-corrected chi connectivity index (χ2v) is 5.71. The molecule has 0 radical (unpaired) electrons. The van der Waals surface area contributed by atoms with Crippen molar-refractivity contribution in [3.05, 3.63) is 36.3 Å². The third kappa shape index (κ3) is 1.96. The molecule has 0 bridgehead atoms. The molecule has 0 aromatic rings. The lowest BCUT2D eigenvalue weighted by Crippen LogP contribution is -2.32. The van der Waals surface area contributed by atoms with E-state index < -0.39 is 0 Å². The highest BCUT2D eigenvalue weighted by Crippen LogP contribution is 2.57. The van der Waals surface area contributed by atoms with Crippen LogP contribution >= 0.6 is 0 Å². The zero-order valence-electron chi connectivity index (χ0n) is 11.3. The van der Waals surface area contributed by atoms with Gasteiger partial charge in [0, 0.05) is 6.42 Å². The lowest BCUT2D eigenvalue weighted by Gasteiger charge is -2.40. The third-order valence-corrected chi connectivity index (χ3v) is 4.96. The molecular weight excluding hydrogens is 208 g/mol. The zero-order valence-corrected chi connectivity index (χ0v) is 11.3. The molecular formula is C16H24O. The van der Waals surface area contributed by atoms with Crippen LogP contribution in [0.5, 0.6) is 0 Å². The van der Waals surface area contributed by atoms with Crippen molar-refractivity contribution in [3.8, 4) is 0 Å². The maximum absolute atomic E-state index is 5.75. The lowest BCUT2D eigenvalue weighted by molar-refractivity contribution is 0.142. The molecule has 0 N–H and O–H groups in total. The second kappa shape index (κ2) is 4.72. The first kappa shape index (κ1) is 12.5. The first-order valence-electron chi connectivity index (χ1n) is 6.76. The molecule has 2 aliphatic carbocycles. The number of allylic oxidation sites excluding steroid dienone is 4. The van der Waals surface area contributed by atoms with E-state index >= 15 is 0 Å². The van der Waals surface area contributed by atoms with Gasteiger partial charge in [0.15, 0.2) is 0 Å². The molecule has 2 rings (SSSR count).